The Hall–Kier alpha value is -2.60. The van der Waals surface area contributed by atoms with Crippen LogP contribution in [0.4, 0.5) is 0 Å². The van der Waals surface area contributed by atoms with Crippen molar-refractivity contribution in [2.24, 2.45) is 0 Å². The Balaban J connectivity index is 1.68. The molecule has 0 spiro atoms. The number of furan rings is 1. The van der Waals surface area contributed by atoms with Crippen LogP contribution < -0.4 is 0 Å². The lowest BCUT2D eigenvalue weighted by molar-refractivity contribution is 0.0666. The third-order valence-electron chi connectivity index (χ3n) is 4.81. The predicted octanol–water partition coefficient (Wildman–Crippen LogP) is 3.26. The monoisotopic (exact) mass is 369 g/mol. The van der Waals surface area contributed by atoms with Crippen molar-refractivity contribution in [2.45, 2.75) is 19.0 Å². The van der Waals surface area contributed by atoms with Crippen LogP contribution in [0.15, 0.2) is 65.3 Å². The fourth-order valence-corrected chi connectivity index (χ4v) is 5.18. The van der Waals surface area contributed by atoms with Crippen LogP contribution in [0.5, 0.6) is 0 Å². The van der Waals surface area contributed by atoms with Crippen LogP contribution in [0.1, 0.15) is 22.5 Å². The van der Waals surface area contributed by atoms with Gasteiger partial charge in [0, 0.05) is 11.6 Å². The highest BCUT2D eigenvalue weighted by molar-refractivity contribution is 7.91. The molecule has 1 aliphatic heterocycles. The van der Waals surface area contributed by atoms with Crippen molar-refractivity contribution in [3.05, 3.63) is 72.2 Å². The maximum atomic E-state index is 13.2. The normalized spacial score (nSPS) is 18.8. The first kappa shape index (κ1) is 16.8. The molecule has 5 nitrogen and oxygen atoms in total. The van der Waals surface area contributed by atoms with Crippen molar-refractivity contribution in [2.75, 3.05) is 11.5 Å². The lowest BCUT2D eigenvalue weighted by Gasteiger charge is -2.27. The standard InChI is InChI=1S/C20H19NO4S/c22-20(17-8-7-15-4-1-2-5-16(15)12-17)21(13-19-6-3-10-25-19)18-9-11-26(23,24)14-18/h1-8,10,12,18H,9,11,13-14H2/t18-/m1/s1. The first-order valence-electron chi connectivity index (χ1n) is 8.54. The van der Waals surface area contributed by atoms with Crippen LogP contribution in [-0.4, -0.2) is 36.8 Å². The van der Waals surface area contributed by atoms with Gasteiger partial charge in [-0.3, -0.25) is 4.79 Å². The van der Waals surface area contributed by atoms with Crippen LogP contribution in [0.25, 0.3) is 10.8 Å². The van der Waals surface area contributed by atoms with Gasteiger partial charge in [0.1, 0.15) is 5.76 Å². The molecule has 1 saturated heterocycles. The Morgan fingerprint density at radius 1 is 1.08 bits per heavy atom. The number of hydrogen-bond donors (Lipinski definition) is 0. The Morgan fingerprint density at radius 2 is 1.88 bits per heavy atom. The van der Waals surface area contributed by atoms with Crippen LogP contribution in [-0.2, 0) is 16.4 Å². The second-order valence-electron chi connectivity index (χ2n) is 6.63. The number of hydrogen-bond acceptors (Lipinski definition) is 4. The van der Waals surface area contributed by atoms with E-state index in [1.165, 1.54) is 0 Å². The minimum atomic E-state index is -3.09. The van der Waals surface area contributed by atoms with Crippen LogP contribution >= 0.6 is 0 Å². The molecular formula is C20H19NO4S. The molecule has 6 heteroatoms. The number of carbonyl (C=O) groups excluding carboxylic acids is 1. The molecule has 26 heavy (non-hydrogen) atoms. The molecule has 1 aliphatic rings. The zero-order chi connectivity index (χ0) is 18.1. The summed E-state index contributed by atoms with van der Waals surface area (Å²) in [5, 5.41) is 2.04. The molecule has 2 aromatic carbocycles. The molecule has 1 atom stereocenters. The van der Waals surface area contributed by atoms with Crippen LogP contribution in [0, 0.1) is 0 Å². The van der Waals surface area contributed by atoms with Gasteiger partial charge in [-0.2, -0.15) is 0 Å². The summed E-state index contributed by atoms with van der Waals surface area (Å²) in [7, 11) is -3.09. The van der Waals surface area contributed by atoms with E-state index in [0.29, 0.717) is 17.7 Å². The fourth-order valence-electron chi connectivity index (χ4n) is 3.45. The SMILES string of the molecule is O=C(c1ccc2ccccc2c1)N(Cc1ccco1)[C@@H]1CCS(=O)(=O)C1. The van der Waals surface area contributed by atoms with Crippen LogP contribution in [0.3, 0.4) is 0 Å². The van der Waals surface area contributed by atoms with Crippen molar-refractivity contribution < 1.29 is 17.6 Å². The van der Waals surface area contributed by atoms with Crippen molar-refractivity contribution in [3.8, 4) is 0 Å². The fraction of sp³-hybridized carbons (Fsp3) is 0.250. The van der Waals surface area contributed by atoms with Gasteiger partial charge < -0.3 is 9.32 Å². The Bertz CT molecular complexity index is 1040. The number of carbonyl (C=O) groups is 1. The predicted molar refractivity (Wildman–Crippen MR) is 99.6 cm³/mol. The highest BCUT2D eigenvalue weighted by atomic mass is 32.2. The topological polar surface area (TPSA) is 67.6 Å². The van der Waals surface area contributed by atoms with E-state index in [-0.39, 0.29) is 30.0 Å². The van der Waals surface area contributed by atoms with Gasteiger partial charge in [0.05, 0.1) is 24.3 Å². The first-order chi connectivity index (χ1) is 12.5. The van der Waals surface area contributed by atoms with Crippen molar-refractivity contribution in [3.63, 3.8) is 0 Å². The minimum absolute atomic E-state index is 0.00697. The molecule has 0 unspecified atom stereocenters. The summed E-state index contributed by atoms with van der Waals surface area (Å²) in [5.74, 6) is 0.599. The maximum absolute atomic E-state index is 13.2. The number of amides is 1. The molecule has 0 saturated carbocycles. The summed E-state index contributed by atoms with van der Waals surface area (Å²) in [6.07, 6.45) is 2.02. The largest absolute Gasteiger partial charge is 0.467 e. The lowest BCUT2D eigenvalue weighted by Crippen LogP contribution is -2.40. The zero-order valence-electron chi connectivity index (χ0n) is 14.2. The van der Waals surface area contributed by atoms with Crippen molar-refractivity contribution in [1.82, 2.24) is 4.90 Å². The second-order valence-corrected chi connectivity index (χ2v) is 8.86. The van der Waals surface area contributed by atoms with Gasteiger partial charge in [0.25, 0.3) is 5.91 Å². The van der Waals surface area contributed by atoms with E-state index >= 15 is 0 Å². The van der Waals surface area contributed by atoms with Crippen molar-refractivity contribution in [1.29, 1.82) is 0 Å². The highest BCUT2D eigenvalue weighted by Crippen LogP contribution is 2.24. The summed E-state index contributed by atoms with van der Waals surface area (Å²) < 4.78 is 29.2. The zero-order valence-corrected chi connectivity index (χ0v) is 15.0. The number of fused-ring (bicyclic) bond motifs is 1. The van der Waals surface area contributed by atoms with E-state index in [2.05, 4.69) is 0 Å². The number of nitrogens with zero attached hydrogens (tertiary/aromatic N) is 1. The summed E-state index contributed by atoms with van der Waals surface area (Å²) in [6.45, 7) is 0.263. The van der Waals surface area contributed by atoms with E-state index in [1.807, 2.05) is 36.4 Å². The van der Waals surface area contributed by atoms with Gasteiger partial charge >= 0.3 is 0 Å². The smallest absolute Gasteiger partial charge is 0.254 e. The summed E-state index contributed by atoms with van der Waals surface area (Å²) in [6, 6.07) is 16.6. The van der Waals surface area contributed by atoms with Gasteiger partial charge in [-0.05, 0) is 41.5 Å². The Morgan fingerprint density at radius 3 is 2.58 bits per heavy atom. The average Bonchev–Trinajstić information content (AvgIpc) is 3.27. The minimum Gasteiger partial charge on any atom is -0.467 e. The Labute approximate surface area is 152 Å². The highest BCUT2D eigenvalue weighted by Gasteiger charge is 2.35. The molecule has 1 amide bonds. The third-order valence-corrected chi connectivity index (χ3v) is 6.56. The number of rotatable bonds is 4. The van der Waals surface area contributed by atoms with Gasteiger partial charge in [-0.15, -0.1) is 0 Å². The Kier molecular flexibility index (Phi) is 4.28. The van der Waals surface area contributed by atoms with E-state index < -0.39 is 9.84 Å². The van der Waals surface area contributed by atoms with E-state index in [4.69, 9.17) is 4.42 Å². The molecule has 4 rings (SSSR count). The van der Waals surface area contributed by atoms with Crippen LogP contribution in [0.2, 0.25) is 0 Å². The summed E-state index contributed by atoms with van der Waals surface area (Å²) in [5.41, 5.74) is 0.555. The number of benzene rings is 2. The molecule has 0 N–H and O–H groups in total. The number of sulfone groups is 1. The molecule has 0 bridgehead atoms. The molecule has 0 aliphatic carbocycles. The van der Waals surface area contributed by atoms with E-state index in [1.54, 1.807) is 29.4 Å². The summed E-state index contributed by atoms with van der Waals surface area (Å²) >= 11 is 0. The molecule has 2 heterocycles. The quantitative estimate of drug-likeness (QED) is 0.708. The second kappa shape index (κ2) is 6.61. The molecule has 1 fully saturated rings. The molecule has 134 valence electrons. The van der Waals surface area contributed by atoms with Gasteiger partial charge in [-0.25, -0.2) is 8.42 Å². The van der Waals surface area contributed by atoms with Gasteiger partial charge in [0.15, 0.2) is 9.84 Å². The average molecular weight is 369 g/mol. The van der Waals surface area contributed by atoms with E-state index in [0.717, 1.165) is 10.8 Å². The lowest BCUT2D eigenvalue weighted by atomic mass is 10.1. The van der Waals surface area contributed by atoms with Gasteiger partial charge in [0.2, 0.25) is 0 Å². The van der Waals surface area contributed by atoms with Crippen molar-refractivity contribution >= 4 is 26.5 Å². The molecule has 1 aromatic heterocycles. The molecule has 0 radical (unpaired) electrons. The maximum Gasteiger partial charge on any atom is 0.254 e. The third kappa shape index (κ3) is 3.37. The first-order valence-corrected chi connectivity index (χ1v) is 10.4. The summed E-state index contributed by atoms with van der Waals surface area (Å²) in [4.78, 5) is 14.8. The molecular weight excluding hydrogens is 350 g/mol. The molecule has 3 aromatic rings. The van der Waals surface area contributed by atoms with E-state index in [9.17, 15) is 13.2 Å². The van der Waals surface area contributed by atoms with Gasteiger partial charge in [-0.1, -0.05) is 30.3 Å².